The van der Waals surface area contributed by atoms with E-state index in [1.165, 1.54) is 6.07 Å². The molecular weight excluding hydrogens is 448 g/mol. The molecule has 2 aromatic rings. The molecule has 5 nitrogen and oxygen atoms in total. The summed E-state index contributed by atoms with van der Waals surface area (Å²) in [6.07, 6.45) is 0.631. The zero-order valence-electron chi connectivity index (χ0n) is 14.6. The molecule has 26 heavy (non-hydrogen) atoms. The molecule has 0 spiro atoms. The Morgan fingerprint density at radius 3 is 2.73 bits per heavy atom. The third kappa shape index (κ3) is 5.76. The van der Waals surface area contributed by atoms with Gasteiger partial charge in [0.2, 0.25) is 0 Å². The van der Waals surface area contributed by atoms with Crippen LogP contribution in [0.25, 0.3) is 0 Å². The number of aliphatic imine (C=N–C) groups is 1. The van der Waals surface area contributed by atoms with E-state index >= 15 is 0 Å². The number of nitrogens with zero attached hydrogens (tertiary/aromatic N) is 1. The molecule has 2 N–H and O–H groups in total. The van der Waals surface area contributed by atoms with Crippen molar-refractivity contribution in [2.24, 2.45) is 4.99 Å². The van der Waals surface area contributed by atoms with Gasteiger partial charge in [0.25, 0.3) is 0 Å². The van der Waals surface area contributed by atoms with Gasteiger partial charge in [-0.25, -0.2) is 4.39 Å². The van der Waals surface area contributed by atoms with Crippen molar-refractivity contribution in [3.8, 4) is 11.5 Å². The molecule has 1 heterocycles. The highest BCUT2D eigenvalue weighted by Gasteiger charge is 2.20. The molecule has 7 heteroatoms. The number of hydrogen-bond donors (Lipinski definition) is 2. The highest BCUT2D eigenvalue weighted by molar-refractivity contribution is 14.0. The highest BCUT2D eigenvalue weighted by Crippen LogP contribution is 2.30. The van der Waals surface area contributed by atoms with Crippen LogP contribution in [0.4, 0.5) is 4.39 Å². The maximum absolute atomic E-state index is 13.2. The van der Waals surface area contributed by atoms with Crippen LogP contribution in [0.5, 0.6) is 11.5 Å². The lowest BCUT2D eigenvalue weighted by atomic mass is 10.1. The Bertz CT molecular complexity index is 742. The first-order valence-corrected chi connectivity index (χ1v) is 8.32. The third-order valence-corrected chi connectivity index (χ3v) is 3.88. The fourth-order valence-electron chi connectivity index (χ4n) is 2.61. The summed E-state index contributed by atoms with van der Waals surface area (Å²) in [4.78, 5) is 4.19. The van der Waals surface area contributed by atoms with Crippen molar-refractivity contribution in [2.45, 2.75) is 12.5 Å². The molecule has 2 aromatic carbocycles. The van der Waals surface area contributed by atoms with Crippen LogP contribution >= 0.6 is 24.0 Å². The summed E-state index contributed by atoms with van der Waals surface area (Å²) in [5, 5.41) is 6.44. The van der Waals surface area contributed by atoms with Gasteiger partial charge in [-0.1, -0.05) is 24.3 Å². The van der Waals surface area contributed by atoms with Gasteiger partial charge in [-0.15, -0.1) is 24.0 Å². The standard InChI is InChI=1S/C19H22FN3O2.HI/c1-21-19(22-10-9-14-5-4-6-15(20)11-14)23-12-16-13-24-17-7-2-3-8-18(17)25-16;/h2-8,11,16H,9-10,12-13H2,1H3,(H2,21,22,23);1H. The number of ether oxygens (including phenoxy) is 2. The van der Waals surface area contributed by atoms with Crippen molar-refractivity contribution in [3.05, 3.63) is 59.9 Å². The van der Waals surface area contributed by atoms with Crippen molar-refractivity contribution in [2.75, 3.05) is 26.7 Å². The van der Waals surface area contributed by atoms with Crippen molar-refractivity contribution in [1.29, 1.82) is 0 Å². The normalized spacial score (nSPS) is 15.8. The molecule has 0 saturated carbocycles. The Balaban J connectivity index is 0.00000243. The van der Waals surface area contributed by atoms with Crippen LogP contribution in [-0.4, -0.2) is 38.8 Å². The molecule has 3 rings (SSSR count). The lowest BCUT2D eigenvalue weighted by molar-refractivity contribution is 0.0936. The summed E-state index contributed by atoms with van der Waals surface area (Å²) in [6.45, 7) is 1.73. The molecule has 0 radical (unpaired) electrons. The lowest BCUT2D eigenvalue weighted by Crippen LogP contribution is -2.45. The number of halogens is 2. The van der Waals surface area contributed by atoms with Crippen LogP contribution in [0.15, 0.2) is 53.5 Å². The second-order valence-electron chi connectivity index (χ2n) is 5.76. The molecule has 0 aliphatic carbocycles. The van der Waals surface area contributed by atoms with E-state index in [1.54, 1.807) is 19.2 Å². The molecule has 1 unspecified atom stereocenters. The van der Waals surface area contributed by atoms with Gasteiger partial charge < -0.3 is 20.1 Å². The molecule has 140 valence electrons. The fourth-order valence-corrected chi connectivity index (χ4v) is 2.61. The van der Waals surface area contributed by atoms with Crippen LogP contribution in [0.1, 0.15) is 5.56 Å². The molecule has 0 amide bonds. The van der Waals surface area contributed by atoms with Gasteiger partial charge in [-0.2, -0.15) is 0 Å². The number of rotatable bonds is 5. The zero-order valence-corrected chi connectivity index (χ0v) is 16.9. The Labute approximate surface area is 170 Å². The molecule has 1 atom stereocenters. The van der Waals surface area contributed by atoms with Crippen LogP contribution in [-0.2, 0) is 6.42 Å². The Morgan fingerprint density at radius 1 is 1.15 bits per heavy atom. The Hall–Kier alpha value is -2.03. The van der Waals surface area contributed by atoms with Gasteiger partial charge in [0, 0.05) is 13.6 Å². The summed E-state index contributed by atoms with van der Waals surface area (Å²) in [5.41, 5.74) is 0.948. The maximum atomic E-state index is 13.2. The highest BCUT2D eigenvalue weighted by atomic mass is 127. The summed E-state index contributed by atoms with van der Waals surface area (Å²) < 4.78 is 24.8. The largest absolute Gasteiger partial charge is 0.486 e. The third-order valence-electron chi connectivity index (χ3n) is 3.88. The van der Waals surface area contributed by atoms with Crippen LogP contribution in [0.3, 0.4) is 0 Å². The van der Waals surface area contributed by atoms with E-state index in [0.29, 0.717) is 25.7 Å². The number of nitrogens with one attached hydrogen (secondary N) is 2. The van der Waals surface area contributed by atoms with Gasteiger partial charge in [0.05, 0.1) is 6.54 Å². The van der Waals surface area contributed by atoms with E-state index in [0.717, 1.165) is 23.5 Å². The van der Waals surface area contributed by atoms with E-state index in [9.17, 15) is 4.39 Å². The minimum absolute atomic E-state index is 0. The average molecular weight is 471 g/mol. The number of fused-ring (bicyclic) bond motifs is 1. The number of para-hydroxylation sites is 2. The molecular formula is C19H23FIN3O2. The van der Waals surface area contributed by atoms with E-state index in [4.69, 9.17) is 9.47 Å². The summed E-state index contributed by atoms with van der Waals surface area (Å²) in [5.74, 6) is 2.00. The molecule has 0 aromatic heterocycles. The maximum Gasteiger partial charge on any atom is 0.191 e. The number of guanidine groups is 1. The van der Waals surface area contributed by atoms with E-state index in [2.05, 4.69) is 15.6 Å². The van der Waals surface area contributed by atoms with Gasteiger partial charge in [-0.05, 0) is 36.2 Å². The molecule has 0 fully saturated rings. The average Bonchev–Trinajstić information content (AvgIpc) is 2.64. The Morgan fingerprint density at radius 2 is 1.96 bits per heavy atom. The monoisotopic (exact) mass is 471 g/mol. The fraction of sp³-hybridized carbons (Fsp3) is 0.316. The van der Waals surface area contributed by atoms with Gasteiger partial charge in [0.1, 0.15) is 18.5 Å². The number of hydrogen-bond acceptors (Lipinski definition) is 3. The van der Waals surface area contributed by atoms with Crippen molar-refractivity contribution < 1.29 is 13.9 Å². The van der Waals surface area contributed by atoms with Crippen molar-refractivity contribution in [1.82, 2.24) is 10.6 Å². The summed E-state index contributed by atoms with van der Waals surface area (Å²) >= 11 is 0. The van der Waals surface area contributed by atoms with Crippen LogP contribution in [0.2, 0.25) is 0 Å². The predicted molar refractivity (Wildman–Crippen MR) is 111 cm³/mol. The van der Waals surface area contributed by atoms with E-state index < -0.39 is 0 Å². The minimum Gasteiger partial charge on any atom is -0.486 e. The quantitative estimate of drug-likeness (QED) is 0.400. The van der Waals surface area contributed by atoms with E-state index in [1.807, 2.05) is 30.3 Å². The molecule has 1 aliphatic heterocycles. The van der Waals surface area contributed by atoms with Gasteiger partial charge in [0.15, 0.2) is 17.5 Å². The SMILES string of the molecule is CN=C(NCCc1cccc(F)c1)NCC1COc2ccccc2O1.I. The van der Waals surface area contributed by atoms with Gasteiger partial charge >= 0.3 is 0 Å². The number of benzene rings is 2. The van der Waals surface area contributed by atoms with Crippen molar-refractivity contribution in [3.63, 3.8) is 0 Å². The second-order valence-corrected chi connectivity index (χ2v) is 5.76. The van der Waals surface area contributed by atoms with Crippen LogP contribution in [0, 0.1) is 5.82 Å². The van der Waals surface area contributed by atoms with Crippen LogP contribution < -0.4 is 20.1 Å². The minimum atomic E-state index is -0.213. The first-order chi connectivity index (χ1) is 12.2. The summed E-state index contributed by atoms with van der Waals surface area (Å²) in [6, 6.07) is 14.3. The molecule has 0 bridgehead atoms. The first kappa shape index (κ1) is 20.3. The smallest absolute Gasteiger partial charge is 0.191 e. The summed E-state index contributed by atoms with van der Waals surface area (Å²) in [7, 11) is 1.71. The second kappa shape index (κ2) is 10.2. The molecule has 1 aliphatic rings. The lowest BCUT2D eigenvalue weighted by Gasteiger charge is -2.27. The molecule has 0 saturated heterocycles. The zero-order chi connectivity index (χ0) is 17.5. The Kier molecular flexibility index (Phi) is 7.96. The first-order valence-electron chi connectivity index (χ1n) is 8.32. The van der Waals surface area contributed by atoms with E-state index in [-0.39, 0.29) is 35.9 Å². The van der Waals surface area contributed by atoms with Crippen molar-refractivity contribution >= 4 is 29.9 Å². The predicted octanol–water partition coefficient (Wildman–Crippen LogP) is 2.99. The topological polar surface area (TPSA) is 54.9 Å². The van der Waals surface area contributed by atoms with Gasteiger partial charge in [-0.3, -0.25) is 4.99 Å².